The van der Waals surface area contributed by atoms with Crippen LogP contribution in [0.15, 0.2) is 49.1 Å². The second-order valence-electron chi connectivity index (χ2n) is 16.2. The Hall–Kier alpha value is -5.41. The van der Waals surface area contributed by atoms with Gasteiger partial charge in [0.15, 0.2) is 23.3 Å². The zero-order valence-electron chi connectivity index (χ0n) is 35.6. The van der Waals surface area contributed by atoms with E-state index >= 15 is 0 Å². The fourth-order valence-electron chi connectivity index (χ4n) is 6.29. The fourth-order valence-corrected chi connectivity index (χ4v) is 6.29. The number of carbonyl (C=O) groups is 3. The molecule has 0 unspecified atom stereocenters. The van der Waals surface area contributed by atoms with Gasteiger partial charge in [0.05, 0.1) is 5.34 Å². The van der Waals surface area contributed by atoms with Crippen molar-refractivity contribution in [1.82, 2.24) is 30.6 Å². The second-order valence-corrected chi connectivity index (χ2v) is 17.0. The average molecular weight is 838 g/mol. The molecule has 0 saturated heterocycles. The van der Waals surface area contributed by atoms with E-state index < -0.39 is 0 Å². The lowest BCUT2D eigenvalue weighted by molar-refractivity contribution is -0.115. The lowest BCUT2D eigenvalue weighted by atomic mass is 9.96. The third kappa shape index (κ3) is 12.8. The highest BCUT2D eigenvalue weighted by Crippen LogP contribution is 2.40. The topological polar surface area (TPSA) is 187 Å². The number of hydrogen-bond donors (Lipinski definition) is 5. The normalized spacial score (nSPS) is 12.1. The summed E-state index contributed by atoms with van der Waals surface area (Å²) >= 11 is 9.53. The number of carbonyl (C=O) groups excluding carboxylic acids is 3. The number of aromatic nitrogens is 4. The Morgan fingerprint density at radius 2 is 1.31 bits per heavy atom. The molecule has 0 saturated carbocycles. The number of aryl methyl sites for hydroxylation is 2. The Bertz CT molecular complexity index is 2070. The standard InChI is InChI=1S/C21H28N6O2.C19H28N6O.CH2Cl2/c1-13-7-8-14(20(29)22-5)9-15(13)27-10-16(28)25-17-18(23-12-24-19(17)27)26(6)11-21(2,3)4;1-12-7-8-13(18(26)21-5)9-14(12)24-16-15(20)17(23-11-22-16)25(6)10-19(2,3)4;2-1-3/h7-9,12H,10-11H2,1-6H3,(H,22,29)(H,25,28);7-9,11H,10,20H2,1-6H3,(H,21,26)(H,22,23,24);1H2. The summed E-state index contributed by atoms with van der Waals surface area (Å²) in [5.74, 6) is 2.01. The van der Waals surface area contributed by atoms with Crippen LogP contribution in [0, 0.1) is 24.7 Å². The first-order valence-corrected chi connectivity index (χ1v) is 19.7. The molecule has 2 aromatic carbocycles. The van der Waals surface area contributed by atoms with Crippen LogP contribution in [0.5, 0.6) is 0 Å². The van der Waals surface area contributed by atoms with Gasteiger partial charge in [-0.2, -0.15) is 0 Å². The number of alkyl halides is 2. The minimum Gasteiger partial charge on any atom is -0.393 e. The molecule has 58 heavy (non-hydrogen) atoms. The number of amides is 3. The van der Waals surface area contributed by atoms with E-state index in [-0.39, 0.29) is 40.4 Å². The smallest absolute Gasteiger partial charge is 0.251 e. The molecule has 5 rings (SSSR count). The summed E-state index contributed by atoms with van der Waals surface area (Å²) in [6.45, 7) is 18.5. The van der Waals surface area contributed by atoms with Crippen molar-refractivity contribution in [1.29, 1.82) is 0 Å². The number of nitrogen functional groups attached to an aromatic ring is 1. The Kier molecular flexibility index (Phi) is 16.5. The summed E-state index contributed by atoms with van der Waals surface area (Å²) < 4.78 is 0. The molecule has 3 heterocycles. The summed E-state index contributed by atoms with van der Waals surface area (Å²) in [7, 11) is 7.12. The second kappa shape index (κ2) is 20.3. The van der Waals surface area contributed by atoms with Gasteiger partial charge in [-0.25, -0.2) is 19.9 Å². The Morgan fingerprint density at radius 1 is 0.810 bits per heavy atom. The minimum absolute atomic E-state index is 0.0589. The maximum Gasteiger partial charge on any atom is 0.251 e. The number of nitrogens with two attached hydrogens (primary N) is 1. The van der Waals surface area contributed by atoms with Gasteiger partial charge in [0.1, 0.15) is 30.6 Å². The molecule has 0 aliphatic carbocycles. The molecule has 17 heteroatoms. The largest absolute Gasteiger partial charge is 0.393 e. The summed E-state index contributed by atoms with van der Waals surface area (Å²) in [6, 6.07) is 10.9. The highest BCUT2D eigenvalue weighted by Gasteiger charge is 2.30. The van der Waals surface area contributed by atoms with Crippen LogP contribution in [-0.4, -0.2) is 90.8 Å². The highest BCUT2D eigenvalue weighted by atomic mass is 35.5. The number of nitrogens with zero attached hydrogens (tertiary/aromatic N) is 7. The lowest BCUT2D eigenvalue weighted by Gasteiger charge is -2.34. The molecule has 1 aliphatic rings. The van der Waals surface area contributed by atoms with E-state index in [0.717, 1.165) is 35.6 Å². The molecule has 2 aromatic heterocycles. The highest BCUT2D eigenvalue weighted by molar-refractivity contribution is 6.40. The molecule has 0 radical (unpaired) electrons. The van der Waals surface area contributed by atoms with Crippen LogP contribution >= 0.6 is 23.2 Å². The molecule has 0 atom stereocenters. The van der Waals surface area contributed by atoms with Crippen LogP contribution in [0.3, 0.4) is 0 Å². The third-order valence-corrected chi connectivity index (χ3v) is 8.61. The van der Waals surface area contributed by atoms with Crippen molar-refractivity contribution in [3.8, 4) is 0 Å². The monoisotopic (exact) mass is 836 g/mol. The zero-order valence-corrected chi connectivity index (χ0v) is 37.1. The summed E-state index contributed by atoms with van der Waals surface area (Å²) in [6.07, 6.45) is 3.00. The van der Waals surface area contributed by atoms with Gasteiger partial charge in [-0.3, -0.25) is 14.4 Å². The van der Waals surface area contributed by atoms with E-state index in [9.17, 15) is 14.4 Å². The minimum atomic E-state index is -0.179. The molecule has 4 aromatic rings. The van der Waals surface area contributed by atoms with Crippen molar-refractivity contribution in [3.05, 3.63) is 71.3 Å². The molecular weight excluding hydrogens is 779 g/mol. The molecular formula is C41H58Cl2N12O3. The number of fused-ring (bicyclic) bond motifs is 1. The first kappa shape index (κ1) is 47.0. The van der Waals surface area contributed by atoms with Gasteiger partial charge in [0.25, 0.3) is 11.8 Å². The molecule has 1 aliphatic heterocycles. The number of rotatable bonds is 9. The maximum atomic E-state index is 12.5. The summed E-state index contributed by atoms with van der Waals surface area (Å²) in [5.41, 5.74) is 12.1. The number of nitrogens with one attached hydrogen (secondary N) is 4. The van der Waals surface area contributed by atoms with Crippen molar-refractivity contribution < 1.29 is 14.4 Å². The predicted octanol–water partition coefficient (Wildman–Crippen LogP) is 7.09. The molecule has 0 fully saturated rings. The molecule has 3 amide bonds. The Balaban J connectivity index is 0.000000292. The first-order chi connectivity index (χ1) is 27.1. The van der Waals surface area contributed by atoms with Crippen molar-refractivity contribution in [2.24, 2.45) is 10.8 Å². The van der Waals surface area contributed by atoms with Crippen LogP contribution in [0.25, 0.3) is 0 Å². The van der Waals surface area contributed by atoms with Gasteiger partial charge in [-0.15, -0.1) is 23.2 Å². The number of anilines is 8. The molecule has 314 valence electrons. The number of hydrogen-bond acceptors (Lipinski definition) is 12. The van der Waals surface area contributed by atoms with Gasteiger partial charge in [-0.1, -0.05) is 53.7 Å². The molecule has 6 N–H and O–H groups in total. The van der Waals surface area contributed by atoms with E-state index in [4.69, 9.17) is 28.9 Å². The van der Waals surface area contributed by atoms with E-state index in [1.54, 1.807) is 38.4 Å². The van der Waals surface area contributed by atoms with Crippen LogP contribution in [0.2, 0.25) is 0 Å². The van der Waals surface area contributed by atoms with Gasteiger partial charge in [0, 0.05) is 63.8 Å². The molecule has 15 nitrogen and oxygen atoms in total. The van der Waals surface area contributed by atoms with Crippen LogP contribution < -0.4 is 41.7 Å². The van der Waals surface area contributed by atoms with Gasteiger partial charge in [-0.05, 0) is 60.1 Å². The predicted molar refractivity (Wildman–Crippen MR) is 239 cm³/mol. The van der Waals surface area contributed by atoms with Crippen LogP contribution in [0.4, 0.5) is 46.0 Å². The fraction of sp³-hybridized carbons (Fsp3) is 0.439. The van der Waals surface area contributed by atoms with Gasteiger partial charge in [0.2, 0.25) is 5.91 Å². The van der Waals surface area contributed by atoms with E-state index in [0.29, 0.717) is 45.8 Å². The maximum absolute atomic E-state index is 12.5. The summed E-state index contributed by atoms with van der Waals surface area (Å²) in [4.78, 5) is 59.9. The van der Waals surface area contributed by atoms with Gasteiger partial charge < -0.3 is 41.7 Å². The van der Waals surface area contributed by atoms with E-state index in [1.165, 1.54) is 12.7 Å². The van der Waals surface area contributed by atoms with E-state index in [1.807, 2.05) is 54.8 Å². The zero-order chi connectivity index (χ0) is 43.5. The average Bonchev–Trinajstić information content (AvgIpc) is 3.14. The summed E-state index contributed by atoms with van der Waals surface area (Å²) in [5, 5.41) is 11.6. The van der Waals surface area contributed by atoms with Crippen LogP contribution in [0.1, 0.15) is 73.4 Å². The van der Waals surface area contributed by atoms with Gasteiger partial charge >= 0.3 is 0 Å². The Morgan fingerprint density at radius 3 is 1.86 bits per heavy atom. The molecule has 0 bridgehead atoms. The van der Waals surface area contributed by atoms with Crippen molar-refractivity contribution >= 4 is 86.9 Å². The first-order valence-electron chi connectivity index (χ1n) is 18.6. The Labute approximate surface area is 352 Å². The van der Waals surface area contributed by atoms with Crippen molar-refractivity contribution in [3.63, 3.8) is 0 Å². The van der Waals surface area contributed by atoms with E-state index in [2.05, 4.69) is 82.7 Å². The van der Waals surface area contributed by atoms with Crippen molar-refractivity contribution in [2.75, 3.05) is 84.2 Å². The van der Waals surface area contributed by atoms with Crippen molar-refractivity contribution in [2.45, 2.75) is 55.4 Å². The number of halogens is 2. The third-order valence-electron chi connectivity index (χ3n) is 8.61. The lowest BCUT2D eigenvalue weighted by Crippen LogP contribution is -2.38. The molecule has 0 spiro atoms. The SMILES string of the molecule is CNC(=O)c1ccc(C)c(N2CC(=O)Nc3c(N(C)CC(C)(C)C)ncnc32)c1.CNC(=O)c1ccc(C)c(Nc2ncnc(N(C)CC(C)(C)C)c2N)c1.ClCCl. The van der Waals surface area contributed by atoms with Crippen LogP contribution in [-0.2, 0) is 4.79 Å². The number of benzene rings is 2. The quantitative estimate of drug-likeness (QED) is 0.108.